The second-order valence-corrected chi connectivity index (χ2v) is 5.61. The molecule has 1 N–H and O–H groups in total. The topological polar surface area (TPSA) is 37.8 Å². The van der Waals surface area contributed by atoms with Crippen LogP contribution in [0.1, 0.15) is 55.8 Å². The van der Waals surface area contributed by atoms with Crippen LogP contribution in [0.15, 0.2) is 4.79 Å². The predicted octanol–water partition coefficient (Wildman–Crippen LogP) is 2.90. The second-order valence-electron chi connectivity index (χ2n) is 5.20. The Bertz CT molecular complexity index is 537. The lowest BCUT2D eigenvalue weighted by Gasteiger charge is -2.26. The fourth-order valence-electron chi connectivity index (χ4n) is 3.32. The van der Waals surface area contributed by atoms with E-state index in [-0.39, 0.29) is 5.69 Å². The molecule has 1 fully saturated rings. The molecule has 17 heavy (non-hydrogen) atoms. The van der Waals surface area contributed by atoms with E-state index < -0.39 is 0 Å². The van der Waals surface area contributed by atoms with E-state index in [2.05, 4.69) is 4.98 Å². The van der Waals surface area contributed by atoms with Gasteiger partial charge < -0.3 is 0 Å². The number of H-pyrrole nitrogens is 1. The van der Waals surface area contributed by atoms with E-state index >= 15 is 0 Å². The van der Waals surface area contributed by atoms with Gasteiger partial charge in [0.1, 0.15) is 4.64 Å². The summed E-state index contributed by atoms with van der Waals surface area (Å²) in [6.45, 7) is 0. The van der Waals surface area contributed by atoms with E-state index in [1.165, 1.54) is 30.5 Å². The van der Waals surface area contributed by atoms with Crippen molar-refractivity contribution in [3.63, 3.8) is 0 Å². The predicted molar refractivity (Wildman–Crippen MR) is 70.0 cm³/mol. The van der Waals surface area contributed by atoms with Crippen LogP contribution < -0.4 is 5.69 Å². The first-order valence-corrected chi connectivity index (χ1v) is 7.05. The van der Waals surface area contributed by atoms with Crippen LogP contribution in [0.5, 0.6) is 0 Å². The van der Waals surface area contributed by atoms with Gasteiger partial charge in [-0.25, -0.2) is 4.79 Å². The third-order valence-electron chi connectivity index (χ3n) is 4.13. The molecule has 2 aliphatic carbocycles. The molecule has 3 rings (SSSR count). The molecule has 0 spiro atoms. The molecule has 0 atom stereocenters. The molecule has 1 heterocycles. The van der Waals surface area contributed by atoms with Gasteiger partial charge in [-0.15, -0.1) is 0 Å². The SMILES string of the molecule is O=c1[nH]c(=S)c2c(n1C1CCCCC1)CCC2. The van der Waals surface area contributed by atoms with Crippen LogP contribution >= 0.6 is 12.2 Å². The minimum absolute atomic E-state index is 0.0163. The Balaban J connectivity index is 2.12. The first-order valence-electron chi connectivity index (χ1n) is 6.64. The Morgan fingerprint density at radius 2 is 1.88 bits per heavy atom. The zero-order valence-corrected chi connectivity index (χ0v) is 10.8. The number of hydrogen-bond donors (Lipinski definition) is 1. The minimum atomic E-state index is 0.0163. The Hall–Kier alpha value is -0.900. The van der Waals surface area contributed by atoms with Gasteiger partial charge in [0.15, 0.2) is 0 Å². The standard InChI is InChI=1S/C13H18N2OS/c16-13-14-12(17)10-7-4-8-11(10)15(13)9-5-2-1-3-6-9/h9H,1-8H2,(H,14,16,17). The molecule has 1 aromatic rings. The third-order valence-corrected chi connectivity index (χ3v) is 4.48. The summed E-state index contributed by atoms with van der Waals surface area (Å²) in [5.74, 6) is 0. The molecule has 1 saturated carbocycles. The van der Waals surface area contributed by atoms with Crippen molar-refractivity contribution in [3.8, 4) is 0 Å². The summed E-state index contributed by atoms with van der Waals surface area (Å²) in [7, 11) is 0. The largest absolute Gasteiger partial charge is 0.326 e. The number of nitrogens with one attached hydrogen (secondary N) is 1. The highest BCUT2D eigenvalue weighted by atomic mass is 32.1. The zero-order chi connectivity index (χ0) is 11.8. The maximum Gasteiger partial charge on any atom is 0.326 e. The molecule has 0 bridgehead atoms. The highest BCUT2D eigenvalue weighted by Crippen LogP contribution is 2.31. The van der Waals surface area contributed by atoms with E-state index in [4.69, 9.17) is 12.2 Å². The van der Waals surface area contributed by atoms with E-state index in [0.717, 1.165) is 32.1 Å². The fraction of sp³-hybridized carbons (Fsp3) is 0.692. The Kier molecular flexibility index (Phi) is 2.90. The maximum atomic E-state index is 12.1. The number of nitrogens with zero attached hydrogens (tertiary/aromatic N) is 1. The lowest BCUT2D eigenvalue weighted by atomic mass is 9.95. The molecule has 3 nitrogen and oxygen atoms in total. The first kappa shape index (κ1) is 11.2. The molecule has 2 aliphatic rings. The van der Waals surface area contributed by atoms with Crippen LogP contribution in [-0.2, 0) is 12.8 Å². The quantitative estimate of drug-likeness (QED) is 0.778. The van der Waals surface area contributed by atoms with Gasteiger partial charge in [0.2, 0.25) is 0 Å². The summed E-state index contributed by atoms with van der Waals surface area (Å²) < 4.78 is 2.70. The van der Waals surface area contributed by atoms with Crippen molar-refractivity contribution in [2.24, 2.45) is 0 Å². The number of aromatic amines is 1. The lowest BCUT2D eigenvalue weighted by Crippen LogP contribution is -2.31. The monoisotopic (exact) mass is 250 g/mol. The smallest absolute Gasteiger partial charge is 0.298 e. The molecule has 0 aromatic carbocycles. The number of rotatable bonds is 1. The van der Waals surface area contributed by atoms with Crippen LogP contribution in [0.4, 0.5) is 0 Å². The Morgan fingerprint density at radius 1 is 1.12 bits per heavy atom. The van der Waals surface area contributed by atoms with Crippen molar-refractivity contribution in [1.82, 2.24) is 9.55 Å². The summed E-state index contributed by atoms with van der Waals surface area (Å²) in [5.41, 5.74) is 2.47. The van der Waals surface area contributed by atoms with Gasteiger partial charge in [0.25, 0.3) is 0 Å². The third kappa shape index (κ3) is 1.88. The Morgan fingerprint density at radius 3 is 2.65 bits per heavy atom. The van der Waals surface area contributed by atoms with Crippen molar-refractivity contribution < 1.29 is 0 Å². The van der Waals surface area contributed by atoms with Crippen LogP contribution in [-0.4, -0.2) is 9.55 Å². The molecular formula is C13H18N2OS. The van der Waals surface area contributed by atoms with Crippen molar-refractivity contribution in [2.75, 3.05) is 0 Å². The van der Waals surface area contributed by atoms with Gasteiger partial charge in [-0.1, -0.05) is 31.5 Å². The van der Waals surface area contributed by atoms with E-state index in [1.807, 2.05) is 4.57 Å². The normalized spacial score (nSPS) is 20.5. The van der Waals surface area contributed by atoms with Crippen LogP contribution in [0.2, 0.25) is 0 Å². The van der Waals surface area contributed by atoms with Crippen molar-refractivity contribution >= 4 is 12.2 Å². The van der Waals surface area contributed by atoms with E-state index in [0.29, 0.717) is 10.7 Å². The van der Waals surface area contributed by atoms with Crippen LogP contribution in [0, 0.1) is 4.64 Å². The first-order chi connectivity index (χ1) is 8.27. The van der Waals surface area contributed by atoms with Crippen LogP contribution in [0.3, 0.4) is 0 Å². The minimum Gasteiger partial charge on any atom is -0.298 e. The van der Waals surface area contributed by atoms with Crippen molar-refractivity contribution in [2.45, 2.75) is 57.4 Å². The zero-order valence-electron chi connectivity index (χ0n) is 10.00. The average Bonchev–Trinajstić information content (AvgIpc) is 2.79. The second kappa shape index (κ2) is 4.41. The van der Waals surface area contributed by atoms with Gasteiger partial charge in [0, 0.05) is 17.3 Å². The fourth-order valence-corrected chi connectivity index (χ4v) is 3.63. The van der Waals surface area contributed by atoms with Gasteiger partial charge in [-0.05, 0) is 32.1 Å². The molecule has 92 valence electrons. The van der Waals surface area contributed by atoms with Gasteiger partial charge in [0.05, 0.1) is 0 Å². The van der Waals surface area contributed by atoms with E-state index in [9.17, 15) is 4.79 Å². The molecule has 0 saturated heterocycles. The molecule has 1 aromatic heterocycles. The summed E-state index contributed by atoms with van der Waals surface area (Å²) in [4.78, 5) is 15.0. The molecule has 0 amide bonds. The van der Waals surface area contributed by atoms with Gasteiger partial charge in [-0.2, -0.15) is 0 Å². The number of fused-ring (bicyclic) bond motifs is 1. The summed E-state index contributed by atoms with van der Waals surface area (Å²) in [5, 5.41) is 0. The van der Waals surface area contributed by atoms with Crippen LogP contribution in [0.25, 0.3) is 0 Å². The average molecular weight is 250 g/mol. The van der Waals surface area contributed by atoms with Gasteiger partial charge in [-0.3, -0.25) is 9.55 Å². The number of hydrogen-bond acceptors (Lipinski definition) is 2. The van der Waals surface area contributed by atoms with Crippen molar-refractivity contribution in [1.29, 1.82) is 0 Å². The molecule has 0 aliphatic heterocycles. The van der Waals surface area contributed by atoms with Gasteiger partial charge >= 0.3 is 5.69 Å². The van der Waals surface area contributed by atoms with E-state index in [1.54, 1.807) is 0 Å². The number of aromatic nitrogens is 2. The summed E-state index contributed by atoms with van der Waals surface area (Å²) >= 11 is 5.26. The molecule has 0 unspecified atom stereocenters. The highest BCUT2D eigenvalue weighted by Gasteiger charge is 2.24. The molecule has 4 heteroatoms. The summed E-state index contributed by atoms with van der Waals surface area (Å²) in [6.07, 6.45) is 9.33. The lowest BCUT2D eigenvalue weighted by molar-refractivity contribution is 0.335. The van der Waals surface area contributed by atoms with Crippen molar-refractivity contribution in [3.05, 3.63) is 26.4 Å². The highest BCUT2D eigenvalue weighted by molar-refractivity contribution is 7.71. The molecular weight excluding hydrogens is 232 g/mol. The maximum absolute atomic E-state index is 12.1. The summed E-state index contributed by atoms with van der Waals surface area (Å²) in [6, 6.07) is 0.412. The Labute approximate surface area is 106 Å². The molecule has 0 radical (unpaired) electrons.